The Bertz CT molecular complexity index is 790. The highest BCUT2D eigenvalue weighted by atomic mass is 35.5. The highest BCUT2D eigenvalue weighted by Crippen LogP contribution is 2.27. The van der Waals surface area contributed by atoms with Crippen molar-refractivity contribution in [2.24, 2.45) is 5.92 Å². The van der Waals surface area contributed by atoms with E-state index in [4.69, 9.17) is 16.3 Å². The van der Waals surface area contributed by atoms with Crippen molar-refractivity contribution < 1.29 is 22.7 Å². The van der Waals surface area contributed by atoms with Crippen LogP contribution in [0.3, 0.4) is 0 Å². The summed E-state index contributed by atoms with van der Waals surface area (Å²) < 4.78 is 32.0. The van der Waals surface area contributed by atoms with Crippen LogP contribution in [0.1, 0.15) is 43.5 Å². The molecule has 1 fully saturated rings. The Labute approximate surface area is 158 Å². The fourth-order valence-corrected chi connectivity index (χ4v) is 4.23. The largest absolute Gasteiger partial charge is 0.467 e. The predicted molar refractivity (Wildman–Crippen MR) is 97.5 cm³/mol. The van der Waals surface area contributed by atoms with E-state index in [-0.39, 0.29) is 27.4 Å². The van der Waals surface area contributed by atoms with E-state index in [0.29, 0.717) is 6.42 Å². The Morgan fingerprint density at radius 2 is 1.96 bits per heavy atom. The smallest absolute Gasteiger partial charge is 0.328 e. The second kappa shape index (κ2) is 8.37. The molecule has 1 aromatic rings. The fraction of sp³-hybridized carbons (Fsp3) is 0.529. The van der Waals surface area contributed by atoms with Gasteiger partial charge in [-0.2, -0.15) is 0 Å². The van der Waals surface area contributed by atoms with Crippen molar-refractivity contribution in [3.63, 3.8) is 0 Å². The molecule has 26 heavy (non-hydrogen) atoms. The number of carbonyl (C=O) groups is 2. The average Bonchev–Trinajstić information content (AvgIpc) is 3.36. The van der Waals surface area contributed by atoms with E-state index in [1.807, 2.05) is 13.8 Å². The predicted octanol–water partition coefficient (Wildman–Crippen LogP) is 2.10. The quantitative estimate of drug-likeness (QED) is 0.648. The maximum Gasteiger partial charge on any atom is 0.328 e. The second-order valence-electron chi connectivity index (χ2n) is 6.72. The molecule has 9 heteroatoms. The van der Waals surface area contributed by atoms with Gasteiger partial charge in [-0.25, -0.2) is 17.9 Å². The summed E-state index contributed by atoms with van der Waals surface area (Å²) in [4.78, 5) is 24.2. The second-order valence-corrected chi connectivity index (χ2v) is 8.81. The van der Waals surface area contributed by atoms with Crippen molar-refractivity contribution in [1.29, 1.82) is 0 Å². The van der Waals surface area contributed by atoms with Crippen molar-refractivity contribution in [2.45, 2.75) is 50.1 Å². The molecule has 1 atom stereocenters. The van der Waals surface area contributed by atoms with Crippen LogP contribution in [0.25, 0.3) is 0 Å². The molecule has 7 nitrogen and oxygen atoms in total. The number of methoxy groups -OCH3 is 1. The lowest BCUT2D eigenvalue weighted by Crippen LogP contribution is -2.42. The zero-order valence-electron chi connectivity index (χ0n) is 14.9. The van der Waals surface area contributed by atoms with Gasteiger partial charge in [0.2, 0.25) is 10.0 Å². The minimum atomic E-state index is -3.81. The molecular weight excluding hydrogens is 380 g/mol. The van der Waals surface area contributed by atoms with Gasteiger partial charge in [-0.15, -0.1) is 0 Å². The highest BCUT2D eigenvalue weighted by Gasteiger charge is 2.30. The maximum atomic E-state index is 12.5. The monoisotopic (exact) mass is 402 g/mol. The number of rotatable bonds is 8. The van der Waals surface area contributed by atoms with Gasteiger partial charge in [-0.3, -0.25) is 4.79 Å². The molecule has 2 N–H and O–H groups in total. The number of amides is 1. The first-order chi connectivity index (χ1) is 12.1. The van der Waals surface area contributed by atoms with Crippen LogP contribution in [0.5, 0.6) is 0 Å². The first-order valence-electron chi connectivity index (χ1n) is 8.34. The maximum absolute atomic E-state index is 12.5. The van der Waals surface area contributed by atoms with Crippen LogP contribution in [0.15, 0.2) is 23.1 Å². The molecule has 0 spiro atoms. The molecule has 1 aromatic carbocycles. The van der Waals surface area contributed by atoms with Gasteiger partial charge in [0, 0.05) is 11.6 Å². The van der Waals surface area contributed by atoms with Crippen LogP contribution in [-0.2, 0) is 19.6 Å². The number of benzene rings is 1. The molecule has 0 aliphatic heterocycles. The van der Waals surface area contributed by atoms with Gasteiger partial charge in [0.05, 0.1) is 12.1 Å². The van der Waals surface area contributed by atoms with Gasteiger partial charge in [0.25, 0.3) is 5.91 Å². The third kappa shape index (κ3) is 5.43. The Kier molecular flexibility index (Phi) is 6.65. The number of carbonyl (C=O) groups excluding carboxylic acids is 2. The number of hydrogen-bond donors (Lipinski definition) is 2. The van der Waals surface area contributed by atoms with E-state index in [0.717, 1.165) is 12.8 Å². The Morgan fingerprint density at radius 3 is 2.50 bits per heavy atom. The Hall–Kier alpha value is -1.64. The van der Waals surface area contributed by atoms with Gasteiger partial charge >= 0.3 is 5.97 Å². The third-order valence-electron chi connectivity index (χ3n) is 3.88. The zero-order valence-corrected chi connectivity index (χ0v) is 16.5. The van der Waals surface area contributed by atoms with Crippen LogP contribution in [-0.4, -0.2) is 39.5 Å². The molecule has 0 unspecified atom stereocenters. The van der Waals surface area contributed by atoms with Gasteiger partial charge in [0.1, 0.15) is 10.9 Å². The van der Waals surface area contributed by atoms with Crippen molar-refractivity contribution in [2.75, 3.05) is 7.11 Å². The standard InChI is InChI=1S/C17H23ClN2O5S/c1-10(2)8-14(17(22)25-3)19-16(21)11-4-7-13(18)15(9-11)26(23,24)20-12-5-6-12/h4,7,9-10,12,14,20H,5-6,8H2,1-3H3,(H,19,21)/t14-/m1/s1. The normalized spacial score (nSPS) is 15.6. The molecule has 1 aliphatic carbocycles. The first kappa shape index (κ1) is 20.7. The lowest BCUT2D eigenvalue weighted by molar-refractivity contribution is -0.143. The first-order valence-corrected chi connectivity index (χ1v) is 10.2. The lowest BCUT2D eigenvalue weighted by Gasteiger charge is -2.18. The molecular formula is C17H23ClN2O5S. The number of hydrogen-bond acceptors (Lipinski definition) is 5. The topological polar surface area (TPSA) is 102 Å². The summed E-state index contributed by atoms with van der Waals surface area (Å²) in [5.74, 6) is -0.965. The summed E-state index contributed by atoms with van der Waals surface area (Å²) >= 11 is 6.01. The summed E-state index contributed by atoms with van der Waals surface area (Å²) in [6.07, 6.45) is 1.97. The SMILES string of the molecule is COC(=O)[C@@H](CC(C)C)NC(=O)c1ccc(Cl)c(S(=O)(=O)NC2CC2)c1. The molecule has 0 aromatic heterocycles. The molecule has 0 saturated heterocycles. The van der Waals surface area contributed by atoms with Crippen LogP contribution in [0, 0.1) is 5.92 Å². The number of esters is 1. The van der Waals surface area contributed by atoms with Crippen LogP contribution in [0.4, 0.5) is 0 Å². The molecule has 1 aliphatic rings. The fourth-order valence-electron chi connectivity index (χ4n) is 2.40. The number of halogens is 1. The number of ether oxygens (including phenoxy) is 1. The average molecular weight is 403 g/mol. The van der Waals surface area contributed by atoms with E-state index in [1.165, 1.54) is 25.3 Å². The van der Waals surface area contributed by atoms with Crippen LogP contribution in [0.2, 0.25) is 5.02 Å². The van der Waals surface area contributed by atoms with E-state index < -0.39 is 27.9 Å². The van der Waals surface area contributed by atoms with Crippen molar-refractivity contribution in [1.82, 2.24) is 10.0 Å². The molecule has 0 radical (unpaired) electrons. The summed E-state index contributed by atoms with van der Waals surface area (Å²) in [5.41, 5.74) is 0.100. The van der Waals surface area contributed by atoms with Crippen molar-refractivity contribution in [3.05, 3.63) is 28.8 Å². The van der Waals surface area contributed by atoms with Gasteiger partial charge in [-0.05, 0) is 43.4 Å². The van der Waals surface area contributed by atoms with Gasteiger partial charge in [0.15, 0.2) is 0 Å². The molecule has 0 heterocycles. The highest BCUT2D eigenvalue weighted by molar-refractivity contribution is 7.89. The zero-order chi connectivity index (χ0) is 19.5. The summed E-state index contributed by atoms with van der Waals surface area (Å²) in [6, 6.07) is 3.09. The van der Waals surface area contributed by atoms with E-state index in [2.05, 4.69) is 10.0 Å². The summed E-state index contributed by atoms with van der Waals surface area (Å²) in [7, 11) is -2.56. The van der Waals surface area contributed by atoms with Crippen molar-refractivity contribution >= 4 is 33.5 Å². The molecule has 1 saturated carbocycles. The third-order valence-corrected chi connectivity index (χ3v) is 5.88. The minimum Gasteiger partial charge on any atom is -0.467 e. The van der Waals surface area contributed by atoms with Crippen LogP contribution >= 0.6 is 11.6 Å². The van der Waals surface area contributed by atoms with E-state index in [9.17, 15) is 18.0 Å². The molecule has 2 rings (SSSR count). The molecule has 0 bridgehead atoms. The van der Waals surface area contributed by atoms with E-state index in [1.54, 1.807) is 0 Å². The molecule has 1 amide bonds. The molecule has 144 valence electrons. The number of nitrogens with one attached hydrogen (secondary N) is 2. The van der Waals surface area contributed by atoms with Crippen molar-refractivity contribution in [3.8, 4) is 0 Å². The lowest BCUT2D eigenvalue weighted by atomic mass is 10.0. The minimum absolute atomic E-state index is 0.0291. The summed E-state index contributed by atoms with van der Waals surface area (Å²) in [5, 5.41) is 2.62. The van der Waals surface area contributed by atoms with E-state index >= 15 is 0 Å². The van der Waals surface area contributed by atoms with Gasteiger partial charge < -0.3 is 10.1 Å². The Balaban J connectivity index is 2.23. The van der Waals surface area contributed by atoms with Crippen LogP contribution < -0.4 is 10.0 Å². The Morgan fingerprint density at radius 1 is 1.31 bits per heavy atom. The summed E-state index contributed by atoms with van der Waals surface area (Å²) in [6.45, 7) is 3.83. The van der Waals surface area contributed by atoms with Gasteiger partial charge in [-0.1, -0.05) is 25.4 Å². The number of sulfonamides is 1.